The zero-order chi connectivity index (χ0) is 10.1. The summed E-state index contributed by atoms with van der Waals surface area (Å²) in [5.74, 6) is 1.05. The van der Waals surface area contributed by atoms with Crippen molar-refractivity contribution in [2.24, 2.45) is 0 Å². The standard InChI is InChI=1S/C11H14BrNO/c1-7-5-8(12)6-9-10(13-2)3-4-14-11(7)9/h5-6,10,13H,3-4H2,1-2H3. The Kier molecular flexibility index (Phi) is 2.79. The average molecular weight is 256 g/mol. The van der Waals surface area contributed by atoms with Crippen molar-refractivity contribution in [1.29, 1.82) is 0 Å². The smallest absolute Gasteiger partial charge is 0.127 e. The van der Waals surface area contributed by atoms with Gasteiger partial charge in [0.25, 0.3) is 0 Å². The lowest BCUT2D eigenvalue weighted by atomic mass is 9.98. The molecule has 0 aromatic heterocycles. The van der Waals surface area contributed by atoms with Crippen LogP contribution in [0.2, 0.25) is 0 Å². The van der Waals surface area contributed by atoms with E-state index in [0.717, 1.165) is 23.2 Å². The fourth-order valence-corrected chi connectivity index (χ4v) is 2.54. The molecule has 1 unspecified atom stereocenters. The molecule has 1 aliphatic heterocycles. The SMILES string of the molecule is CNC1CCOc2c(C)cc(Br)cc21. The van der Waals surface area contributed by atoms with Gasteiger partial charge in [-0.05, 0) is 31.7 Å². The Balaban J connectivity index is 2.51. The van der Waals surface area contributed by atoms with Gasteiger partial charge in [0.2, 0.25) is 0 Å². The van der Waals surface area contributed by atoms with Gasteiger partial charge in [0.05, 0.1) is 6.61 Å². The number of halogens is 1. The number of benzene rings is 1. The van der Waals surface area contributed by atoms with E-state index < -0.39 is 0 Å². The zero-order valence-electron chi connectivity index (χ0n) is 8.43. The van der Waals surface area contributed by atoms with E-state index in [0.29, 0.717) is 6.04 Å². The number of aryl methyl sites for hydroxylation is 1. The van der Waals surface area contributed by atoms with E-state index in [9.17, 15) is 0 Å². The maximum absolute atomic E-state index is 5.68. The van der Waals surface area contributed by atoms with Crippen LogP contribution in [0.3, 0.4) is 0 Å². The Morgan fingerprint density at radius 2 is 2.29 bits per heavy atom. The molecule has 2 nitrogen and oxygen atoms in total. The maximum atomic E-state index is 5.68. The number of hydrogen-bond donors (Lipinski definition) is 1. The van der Waals surface area contributed by atoms with E-state index in [-0.39, 0.29) is 0 Å². The summed E-state index contributed by atoms with van der Waals surface area (Å²) in [5, 5.41) is 3.31. The first-order chi connectivity index (χ1) is 6.72. The van der Waals surface area contributed by atoms with Crippen molar-refractivity contribution in [3.8, 4) is 5.75 Å². The highest BCUT2D eigenvalue weighted by molar-refractivity contribution is 9.10. The average Bonchev–Trinajstić information content (AvgIpc) is 2.17. The first kappa shape index (κ1) is 9.99. The van der Waals surface area contributed by atoms with Gasteiger partial charge in [-0.3, -0.25) is 0 Å². The minimum Gasteiger partial charge on any atom is -0.493 e. The molecule has 0 bridgehead atoms. The van der Waals surface area contributed by atoms with Crippen molar-refractivity contribution < 1.29 is 4.74 Å². The van der Waals surface area contributed by atoms with Gasteiger partial charge in [0.1, 0.15) is 5.75 Å². The van der Waals surface area contributed by atoms with Gasteiger partial charge < -0.3 is 10.1 Å². The van der Waals surface area contributed by atoms with E-state index in [1.807, 2.05) is 7.05 Å². The molecule has 1 aromatic rings. The van der Waals surface area contributed by atoms with Crippen LogP contribution in [0.15, 0.2) is 16.6 Å². The Labute approximate surface area is 92.8 Å². The number of fused-ring (bicyclic) bond motifs is 1. The molecule has 1 atom stereocenters. The summed E-state index contributed by atoms with van der Waals surface area (Å²) in [6.45, 7) is 2.89. The Morgan fingerprint density at radius 3 is 3.00 bits per heavy atom. The number of nitrogens with one attached hydrogen (secondary N) is 1. The molecule has 1 aliphatic rings. The van der Waals surface area contributed by atoms with Gasteiger partial charge in [0.15, 0.2) is 0 Å². The third-order valence-electron chi connectivity index (χ3n) is 2.64. The molecule has 0 radical (unpaired) electrons. The Morgan fingerprint density at radius 1 is 1.50 bits per heavy atom. The second kappa shape index (κ2) is 3.91. The summed E-state index contributed by atoms with van der Waals surface area (Å²) in [6, 6.07) is 4.66. The molecule has 0 saturated heterocycles. The lowest BCUT2D eigenvalue weighted by Gasteiger charge is -2.27. The third kappa shape index (κ3) is 1.66. The fourth-order valence-electron chi connectivity index (χ4n) is 1.95. The Bertz CT molecular complexity index is 351. The normalized spacial score (nSPS) is 20.1. The predicted molar refractivity (Wildman–Crippen MR) is 60.8 cm³/mol. The molecule has 0 spiro atoms. The van der Waals surface area contributed by atoms with E-state index in [4.69, 9.17) is 4.74 Å². The monoisotopic (exact) mass is 255 g/mol. The molecule has 14 heavy (non-hydrogen) atoms. The molecule has 0 saturated carbocycles. The minimum atomic E-state index is 0.426. The Hall–Kier alpha value is -0.540. The number of ether oxygens (including phenoxy) is 1. The first-order valence-corrected chi connectivity index (χ1v) is 5.62. The van der Waals surface area contributed by atoms with E-state index in [1.54, 1.807) is 0 Å². The van der Waals surface area contributed by atoms with Crippen LogP contribution >= 0.6 is 15.9 Å². The molecular formula is C11H14BrNO. The largest absolute Gasteiger partial charge is 0.493 e. The summed E-state index contributed by atoms with van der Waals surface area (Å²) in [5.41, 5.74) is 2.47. The van der Waals surface area contributed by atoms with Crippen LogP contribution in [-0.4, -0.2) is 13.7 Å². The van der Waals surface area contributed by atoms with Crippen LogP contribution in [0.25, 0.3) is 0 Å². The number of hydrogen-bond acceptors (Lipinski definition) is 2. The van der Waals surface area contributed by atoms with Gasteiger partial charge in [-0.1, -0.05) is 15.9 Å². The summed E-state index contributed by atoms with van der Waals surface area (Å²) in [4.78, 5) is 0. The van der Waals surface area contributed by atoms with Crippen molar-refractivity contribution in [1.82, 2.24) is 5.32 Å². The van der Waals surface area contributed by atoms with E-state index in [2.05, 4.69) is 40.3 Å². The van der Waals surface area contributed by atoms with Crippen LogP contribution in [-0.2, 0) is 0 Å². The summed E-state index contributed by atoms with van der Waals surface area (Å²) in [7, 11) is 2.00. The van der Waals surface area contributed by atoms with Crippen molar-refractivity contribution >= 4 is 15.9 Å². The zero-order valence-corrected chi connectivity index (χ0v) is 10.0. The predicted octanol–water partition coefficient (Wildman–Crippen LogP) is 2.80. The summed E-state index contributed by atoms with van der Waals surface area (Å²) in [6.07, 6.45) is 1.04. The minimum absolute atomic E-state index is 0.426. The van der Waals surface area contributed by atoms with Crippen molar-refractivity contribution in [3.05, 3.63) is 27.7 Å². The lowest BCUT2D eigenvalue weighted by molar-refractivity contribution is 0.255. The van der Waals surface area contributed by atoms with Crippen LogP contribution in [0.1, 0.15) is 23.6 Å². The highest BCUT2D eigenvalue weighted by Gasteiger charge is 2.21. The second-order valence-corrected chi connectivity index (χ2v) is 4.54. The highest BCUT2D eigenvalue weighted by Crippen LogP contribution is 2.36. The van der Waals surface area contributed by atoms with E-state index >= 15 is 0 Å². The molecule has 0 amide bonds. The molecule has 0 fully saturated rings. The molecule has 2 rings (SSSR count). The van der Waals surface area contributed by atoms with Crippen LogP contribution < -0.4 is 10.1 Å². The topological polar surface area (TPSA) is 21.3 Å². The van der Waals surface area contributed by atoms with Crippen LogP contribution in [0, 0.1) is 6.92 Å². The summed E-state index contributed by atoms with van der Waals surface area (Å²) < 4.78 is 6.80. The molecule has 76 valence electrons. The molecule has 1 aromatic carbocycles. The van der Waals surface area contributed by atoms with Gasteiger partial charge in [-0.15, -0.1) is 0 Å². The third-order valence-corrected chi connectivity index (χ3v) is 3.10. The second-order valence-electron chi connectivity index (χ2n) is 3.62. The molecule has 0 aliphatic carbocycles. The van der Waals surface area contributed by atoms with Crippen LogP contribution in [0.4, 0.5) is 0 Å². The highest BCUT2D eigenvalue weighted by atomic mass is 79.9. The fraction of sp³-hybridized carbons (Fsp3) is 0.455. The van der Waals surface area contributed by atoms with Crippen molar-refractivity contribution in [2.45, 2.75) is 19.4 Å². The van der Waals surface area contributed by atoms with Crippen molar-refractivity contribution in [2.75, 3.05) is 13.7 Å². The quantitative estimate of drug-likeness (QED) is 0.834. The molecule has 3 heteroatoms. The van der Waals surface area contributed by atoms with Gasteiger partial charge in [0, 0.05) is 22.5 Å². The molecule has 1 heterocycles. The first-order valence-electron chi connectivity index (χ1n) is 4.82. The summed E-state index contributed by atoms with van der Waals surface area (Å²) >= 11 is 3.51. The number of rotatable bonds is 1. The van der Waals surface area contributed by atoms with E-state index in [1.165, 1.54) is 11.1 Å². The van der Waals surface area contributed by atoms with Crippen molar-refractivity contribution in [3.63, 3.8) is 0 Å². The molecular weight excluding hydrogens is 242 g/mol. The van der Waals surface area contributed by atoms with Gasteiger partial charge in [-0.25, -0.2) is 0 Å². The van der Waals surface area contributed by atoms with Gasteiger partial charge in [-0.2, -0.15) is 0 Å². The van der Waals surface area contributed by atoms with Gasteiger partial charge >= 0.3 is 0 Å². The molecule has 1 N–H and O–H groups in total. The lowest BCUT2D eigenvalue weighted by Crippen LogP contribution is -2.24. The van der Waals surface area contributed by atoms with Crippen LogP contribution in [0.5, 0.6) is 5.75 Å². The maximum Gasteiger partial charge on any atom is 0.127 e.